The Balaban J connectivity index is 1.41. The van der Waals surface area contributed by atoms with E-state index < -0.39 is 35.3 Å². The van der Waals surface area contributed by atoms with Crippen molar-refractivity contribution in [3.63, 3.8) is 0 Å². The van der Waals surface area contributed by atoms with Crippen LogP contribution in [0.5, 0.6) is 11.6 Å². The molecule has 1 saturated heterocycles. The van der Waals surface area contributed by atoms with Gasteiger partial charge in [0.05, 0.1) is 30.7 Å². The van der Waals surface area contributed by atoms with Crippen LogP contribution in [0.4, 0.5) is 4.79 Å². The monoisotopic (exact) mass is 606 g/mol. The normalized spacial score (nSPS) is 33.9. The van der Waals surface area contributed by atoms with Gasteiger partial charge in [-0.15, -0.1) is 0 Å². The number of amides is 2. The molecule has 6 rings (SSSR count). The molecular weight excluding hydrogens is 560 g/mol. The predicted molar refractivity (Wildman–Crippen MR) is 165 cm³/mol. The van der Waals surface area contributed by atoms with Crippen LogP contribution in [0.3, 0.4) is 0 Å². The van der Waals surface area contributed by atoms with Gasteiger partial charge < -0.3 is 24.4 Å². The van der Waals surface area contributed by atoms with Crippen LogP contribution in [0, 0.1) is 23.2 Å². The van der Waals surface area contributed by atoms with Gasteiger partial charge in [0.2, 0.25) is 11.8 Å². The highest BCUT2D eigenvalue weighted by Gasteiger charge is 2.55. The molecule has 1 aromatic heterocycles. The minimum Gasteiger partial charge on any atom is -0.497 e. The molecule has 2 saturated carbocycles. The summed E-state index contributed by atoms with van der Waals surface area (Å²) in [4.78, 5) is 52.3. The highest BCUT2D eigenvalue weighted by Crippen LogP contribution is 2.54. The minimum absolute atomic E-state index is 0.109. The second-order valence-corrected chi connectivity index (χ2v) is 14.6. The van der Waals surface area contributed by atoms with Crippen LogP contribution in [-0.4, -0.2) is 70.1 Å². The molecule has 1 aromatic carbocycles. The smallest absolute Gasteiger partial charge is 0.408 e. The quantitative estimate of drug-likeness (QED) is 0.492. The molecular formula is C34H46N4O6. The zero-order valence-electron chi connectivity index (χ0n) is 27.0. The molecule has 10 heteroatoms. The Morgan fingerprint density at radius 3 is 2.64 bits per heavy atom. The van der Waals surface area contributed by atoms with Crippen LogP contribution in [0.1, 0.15) is 91.7 Å². The number of carbonyl (C=O) groups is 3. The van der Waals surface area contributed by atoms with E-state index in [1.807, 2.05) is 52.8 Å². The number of nitrogens with one attached hydrogen (secondary N) is 1. The van der Waals surface area contributed by atoms with Crippen molar-refractivity contribution < 1.29 is 28.6 Å². The zero-order valence-corrected chi connectivity index (χ0v) is 27.0. The van der Waals surface area contributed by atoms with Crippen molar-refractivity contribution in [3.8, 4) is 11.6 Å². The highest BCUT2D eigenvalue weighted by molar-refractivity contribution is 5.92. The number of alkyl carbamates (subject to hydrolysis) is 1. The minimum atomic E-state index is -0.886. The maximum absolute atomic E-state index is 14.3. The molecule has 8 atom stereocenters. The molecule has 2 aliphatic heterocycles. The number of ketones is 1. The van der Waals surface area contributed by atoms with E-state index in [0.29, 0.717) is 35.4 Å². The highest BCUT2D eigenvalue weighted by atomic mass is 16.6. The Labute approximate surface area is 259 Å². The van der Waals surface area contributed by atoms with E-state index >= 15 is 0 Å². The summed E-state index contributed by atoms with van der Waals surface area (Å²) in [6.45, 7) is 11.4. The molecule has 1 N–H and O–H groups in total. The van der Waals surface area contributed by atoms with Crippen molar-refractivity contribution in [2.24, 2.45) is 23.2 Å². The number of nitrogens with zero attached hydrogens (tertiary/aromatic N) is 3. The summed E-state index contributed by atoms with van der Waals surface area (Å²) in [5, 5.41) is 2.89. The zero-order chi connectivity index (χ0) is 31.6. The largest absolute Gasteiger partial charge is 0.497 e. The van der Waals surface area contributed by atoms with Crippen LogP contribution in [0.25, 0.3) is 11.0 Å². The summed E-state index contributed by atoms with van der Waals surface area (Å²) in [6.07, 6.45) is 4.49. The van der Waals surface area contributed by atoms with Crippen molar-refractivity contribution in [2.75, 3.05) is 13.7 Å². The van der Waals surface area contributed by atoms with Crippen molar-refractivity contribution in [1.82, 2.24) is 20.2 Å². The van der Waals surface area contributed by atoms with Crippen molar-refractivity contribution in [1.29, 1.82) is 0 Å². The number of hydrogen-bond acceptors (Lipinski definition) is 8. The molecule has 3 fully saturated rings. The number of fused-ring (bicyclic) bond motifs is 7. The molecule has 0 radical (unpaired) electrons. The topological polar surface area (TPSA) is 120 Å². The van der Waals surface area contributed by atoms with E-state index in [1.165, 1.54) is 6.92 Å². The fraction of sp³-hybridized carbons (Fsp3) is 0.676. The predicted octanol–water partition coefficient (Wildman–Crippen LogP) is 5.42. The van der Waals surface area contributed by atoms with Gasteiger partial charge in [-0.1, -0.05) is 34.1 Å². The van der Waals surface area contributed by atoms with Crippen LogP contribution >= 0.6 is 0 Å². The first-order valence-corrected chi connectivity index (χ1v) is 16.2. The van der Waals surface area contributed by atoms with Gasteiger partial charge in [0, 0.05) is 23.8 Å². The van der Waals surface area contributed by atoms with E-state index in [-0.39, 0.29) is 30.1 Å². The molecule has 3 heterocycles. The van der Waals surface area contributed by atoms with Crippen LogP contribution in [0.15, 0.2) is 18.2 Å². The Morgan fingerprint density at radius 1 is 1.18 bits per heavy atom. The molecule has 4 aliphatic rings. The number of hydrogen-bond donors (Lipinski definition) is 1. The van der Waals surface area contributed by atoms with Gasteiger partial charge in [-0.3, -0.25) is 9.59 Å². The lowest BCUT2D eigenvalue weighted by molar-refractivity contribution is -0.141. The molecule has 2 amide bonds. The van der Waals surface area contributed by atoms with E-state index in [1.54, 1.807) is 12.0 Å². The van der Waals surface area contributed by atoms with Gasteiger partial charge in [0.15, 0.2) is 5.78 Å². The molecule has 0 spiro atoms. The molecule has 2 aromatic rings. The maximum Gasteiger partial charge on any atom is 0.408 e. The first-order chi connectivity index (χ1) is 20.8. The standard InChI is InChI=1S/C34H46N4O6/c1-8-22-26-17-38(28(22)18(2)39)31(40)29(33(3,4)5)37-32(41)44-34(6)16-20(34)11-9-10-19-14-23(19)27-30(43-26)36-25-15-21(42-7)12-13-24(25)35-27/h12-13,15,19-20,22-23,26,28-29H,8-11,14,16-17H2,1-7H3,(H,37,41)/t19?,20-,22-,23?,26+,28-,29-,34-/m1/s1. The van der Waals surface area contributed by atoms with Gasteiger partial charge in [-0.2, -0.15) is 0 Å². The lowest BCUT2D eigenvalue weighted by Gasteiger charge is -2.35. The van der Waals surface area contributed by atoms with Gasteiger partial charge in [-0.05, 0) is 69.4 Å². The SMILES string of the molecule is CC[C@@H]1[C@@H]2CN(C(=O)[C@H](C(C)(C)C)NC(=O)O[C@]3(C)C[C@H]3CCCC3CC3c3nc4ccc(OC)cc4nc3O2)[C@@H]1C(C)=O. The summed E-state index contributed by atoms with van der Waals surface area (Å²) in [5.74, 6) is 1.51. The van der Waals surface area contributed by atoms with Gasteiger partial charge in [0.1, 0.15) is 29.2 Å². The fourth-order valence-corrected chi connectivity index (χ4v) is 7.53. The lowest BCUT2D eigenvalue weighted by Crippen LogP contribution is -2.57. The Bertz CT molecular complexity index is 1470. The number of ether oxygens (including phenoxy) is 3. The Hall–Kier alpha value is -3.43. The van der Waals surface area contributed by atoms with Crippen LogP contribution in [0.2, 0.25) is 0 Å². The van der Waals surface area contributed by atoms with Crippen molar-refractivity contribution in [2.45, 2.75) is 110 Å². The van der Waals surface area contributed by atoms with E-state index in [4.69, 9.17) is 24.2 Å². The Kier molecular flexibility index (Phi) is 7.77. The third-order valence-electron chi connectivity index (χ3n) is 10.4. The Morgan fingerprint density at radius 2 is 1.95 bits per heavy atom. The second kappa shape index (κ2) is 11.2. The van der Waals surface area contributed by atoms with Crippen molar-refractivity contribution >= 4 is 28.8 Å². The summed E-state index contributed by atoms with van der Waals surface area (Å²) in [6, 6.07) is 4.10. The van der Waals surface area contributed by atoms with Gasteiger partial charge in [-0.25, -0.2) is 14.8 Å². The van der Waals surface area contributed by atoms with Crippen LogP contribution in [-0.2, 0) is 14.3 Å². The molecule has 2 bridgehead atoms. The average Bonchev–Trinajstić information content (AvgIpc) is 3.83. The molecule has 2 aliphatic carbocycles. The molecule has 44 heavy (non-hydrogen) atoms. The molecule has 238 valence electrons. The lowest BCUT2D eigenvalue weighted by atomic mass is 9.85. The average molecular weight is 607 g/mol. The fourth-order valence-electron chi connectivity index (χ4n) is 7.53. The number of benzene rings is 1. The number of Topliss-reactive ketones (excluding diaryl/α,β-unsaturated/α-hetero) is 1. The first-order valence-electron chi connectivity index (χ1n) is 16.2. The molecule has 10 nitrogen and oxygen atoms in total. The van der Waals surface area contributed by atoms with E-state index in [9.17, 15) is 14.4 Å². The van der Waals surface area contributed by atoms with E-state index in [0.717, 1.165) is 43.3 Å². The van der Waals surface area contributed by atoms with Gasteiger partial charge >= 0.3 is 6.09 Å². The third kappa shape index (κ3) is 5.72. The summed E-state index contributed by atoms with van der Waals surface area (Å²) in [7, 11) is 1.62. The second-order valence-electron chi connectivity index (χ2n) is 14.6. The third-order valence-corrected chi connectivity index (χ3v) is 10.4. The molecule has 2 unspecified atom stereocenters. The number of rotatable bonds is 3. The summed E-state index contributed by atoms with van der Waals surface area (Å²) >= 11 is 0. The van der Waals surface area contributed by atoms with Gasteiger partial charge in [0.25, 0.3) is 0 Å². The summed E-state index contributed by atoms with van der Waals surface area (Å²) in [5.41, 5.74) is 1.16. The van der Waals surface area contributed by atoms with Crippen molar-refractivity contribution in [3.05, 3.63) is 23.9 Å². The number of aromatic nitrogens is 2. The summed E-state index contributed by atoms with van der Waals surface area (Å²) < 4.78 is 18.1. The first kappa shape index (κ1) is 30.6. The number of methoxy groups -OCH3 is 1. The number of carbonyl (C=O) groups excluding carboxylic acids is 3. The maximum atomic E-state index is 14.3. The van der Waals surface area contributed by atoms with E-state index in [2.05, 4.69) is 5.32 Å². The van der Waals surface area contributed by atoms with Crippen LogP contribution < -0.4 is 14.8 Å².